The van der Waals surface area contributed by atoms with Gasteiger partial charge in [0.05, 0.1) is 5.54 Å². The van der Waals surface area contributed by atoms with Crippen molar-refractivity contribution in [1.29, 1.82) is 0 Å². The summed E-state index contributed by atoms with van der Waals surface area (Å²) in [6.07, 6.45) is 14.2. The molecule has 1 saturated carbocycles. The summed E-state index contributed by atoms with van der Waals surface area (Å²) in [7, 11) is 0. The van der Waals surface area contributed by atoms with E-state index in [0.29, 0.717) is 11.3 Å². The summed E-state index contributed by atoms with van der Waals surface area (Å²) in [5, 5.41) is 0. The van der Waals surface area contributed by atoms with Crippen LogP contribution in [0.2, 0.25) is 0 Å². The second-order valence-electron chi connectivity index (χ2n) is 12.8. The summed E-state index contributed by atoms with van der Waals surface area (Å²) in [5.74, 6) is 1.10. The summed E-state index contributed by atoms with van der Waals surface area (Å²) in [6, 6.07) is 0. The molecule has 2 aliphatic carbocycles. The lowest BCUT2D eigenvalue weighted by molar-refractivity contribution is -0.128. The molecule has 1 aliphatic heterocycles. The Bertz CT molecular complexity index is 894. The summed E-state index contributed by atoms with van der Waals surface area (Å²) < 4.78 is 0. The first-order chi connectivity index (χ1) is 15.3. The molecule has 0 spiro atoms. The van der Waals surface area contributed by atoms with Crippen molar-refractivity contribution in [2.75, 3.05) is 6.54 Å². The number of likely N-dealkylation sites (tertiary alicyclic amines) is 1. The van der Waals surface area contributed by atoms with E-state index in [-0.39, 0.29) is 22.8 Å². The predicted molar refractivity (Wildman–Crippen MR) is 142 cm³/mol. The minimum atomic E-state index is -0.161. The van der Waals surface area contributed by atoms with E-state index in [4.69, 9.17) is 0 Å². The first kappa shape index (κ1) is 26.0. The number of hydrogen-bond donors (Lipinski definition) is 0. The van der Waals surface area contributed by atoms with Crippen LogP contribution in [0.4, 0.5) is 0 Å². The second kappa shape index (κ2) is 9.23. The molecule has 0 bridgehead atoms. The van der Waals surface area contributed by atoms with E-state index in [1.165, 1.54) is 48.0 Å². The molecular weight excluding hydrogens is 402 g/mol. The van der Waals surface area contributed by atoms with Gasteiger partial charge in [-0.1, -0.05) is 66.2 Å². The molecule has 1 saturated heterocycles. The van der Waals surface area contributed by atoms with Crippen LogP contribution in [-0.4, -0.2) is 22.9 Å². The van der Waals surface area contributed by atoms with Gasteiger partial charge >= 0.3 is 0 Å². The van der Waals surface area contributed by atoms with Gasteiger partial charge in [-0.3, -0.25) is 4.79 Å². The third kappa shape index (κ3) is 4.69. The minimum absolute atomic E-state index is 0.0119. The molecule has 2 fully saturated rings. The van der Waals surface area contributed by atoms with Crippen LogP contribution >= 0.6 is 0 Å². The standard InChI is InChI=1S/C31H49NO/c1-11-18-32-28(33)24-20-22(12-2)26(27(24)31(32,10)13-3)25(29(5,6)7)19-21(4)23-14-16-30(8,9)17-15-23/h12,19-20,23,27H,11,13-18H2,1-10H3/b21-19+,22-12-,26-25-. The Balaban J connectivity index is 2.15. The lowest BCUT2D eigenvalue weighted by Gasteiger charge is -2.40. The van der Waals surface area contributed by atoms with E-state index in [0.717, 1.165) is 25.0 Å². The van der Waals surface area contributed by atoms with E-state index in [9.17, 15) is 4.79 Å². The third-order valence-corrected chi connectivity index (χ3v) is 8.88. The van der Waals surface area contributed by atoms with Gasteiger partial charge in [-0.05, 0) is 98.8 Å². The van der Waals surface area contributed by atoms with E-state index in [2.05, 4.69) is 92.4 Å². The highest BCUT2D eigenvalue weighted by Crippen LogP contribution is 2.55. The second-order valence-corrected chi connectivity index (χ2v) is 12.8. The number of fused-ring (bicyclic) bond motifs is 1. The molecule has 0 aromatic heterocycles. The zero-order valence-electron chi connectivity index (χ0n) is 23.2. The van der Waals surface area contributed by atoms with Gasteiger partial charge in [0.15, 0.2) is 0 Å². The lowest BCUT2D eigenvalue weighted by Crippen LogP contribution is -2.47. The predicted octanol–water partition coefficient (Wildman–Crippen LogP) is 8.42. The van der Waals surface area contributed by atoms with Gasteiger partial charge in [-0.15, -0.1) is 0 Å². The molecule has 1 heterocycles. The number of allylic oxidation sites excluding steroid dienone is 6. The molecule has 0 aromatic carbocycles. The lowest BCUT2D eigenvalue weighted by atomic mass is 9.69. The summed E-state index contributed by atoms with van der Waals surface area (Å²) in [4.78, 5) is 15.7. The highest BCUT2D eigenvalue weighted by molar-refractivity contribution is 6.01. The zero-order chi connectivity index (χ0) is 24.8. The van der Waals surface area contributed by atoms with E-state index in [1.807, 2.05) is 0 Å². The topological polar surface area (TPSA) is 20.3 Å². The largest absolute Gasteiger partial charge is 0.333 e. The fourth-order valence-electron chi connectivity index (χ4n) is 6.45. The normalized spacial score (nSPS) is 31.3. The van der Waals surface area contributed by atoms with Crippen molar-refractivity contribution >= 4 is 5.91 Å². The van der Waals surface area contributed by atoms with Crippen molar-refractivity contribution in [3.05, 3.63) is 46.1 Å². The van der Waals surface area contributed by atoms with Crippen LogP contribution in [0.5, 0.6) is 0 Å². The van der Waals surface area contributed by atoms with Gasteiger partial charge in [-0.2, -0.15) is 0 Å². The molecule has 3 aliphatic rings. The van der Waals surface area contributed by atoms with E-state index in [1.54, 1.807) is 0 Å². The molecule has 0 radical (unpaired) electrons. The fraction of sp³-hybridized carbons (Fsp3) is 0.710. The summed E-state index contributed by atoms with van der Waals surface area (Å²) in [5.41, 5.74) is 6.98. The van der Waals surface area contributed by atoms with Crippen LogP contribution in [0.1, 0.15) is 108 Å². The molecule has 1 amide bonds. The van der Waals surface area contributed by atoms with Crippen molar-refractivity contribution in [2.24, 2.45) is 22.7 Å². The molecule has 33 heavy (non-hydrogen) atoms. The summed E-state index contributed by atoms with van der Waals surface area (Å²) in [6.45, 7) is 24.0. The van der Waals surface area contributed by atoms with E-state index >= 15 is 0 Å². The van der Waals surface area contributed by atoms with Crippen LogP contribution in [-0.2, 0) is 4.79 Å². The molecule has 0 N–H and O–H groups in total. The molecule has 184 valence electrons. The third-order valence-electron chi connectivity index (χ3n) is 8.88. The first-order valence-electron chi connectivity index (χ1n) is 13.4. The molecule has 2 unspecified atom stereocenters. The van der Waals surface area contributed by atoms with Gasteiger partial charge in [-0.25, -0.2) is 0 Å². The van der Waals surface area contributed by atoms with Gasteiger partial charge in [0.1, 0.15) is 0 Å². The van der Waals surface area contributed by atoms with Crippen LogP contribution in [0.3, 0.4) is 0 Å². The monoisotopic (exact) mass is 451 g/mol. The SMILES string of the molecule is C/C=C1/C=C2C(=O)N(CCC)C(C)(CC)C2/C1=C(/C=C(\C)C1CCC(C)(C)CC1)C(C)(C)C. The molecule has 2 nitrogen and oxygen atoms in total. The molecular formula is C31H49NO. The molecule has 0 aromatic rings. The maximum atomic E-state index is 13.6. The summed E-state index contributed by atoms with van der Waals surface area (Å²) >= 11 is 0. The van der Waals surface area contributed by atoms with Crippen molar-refractivity contribution in [3.63, 3.8) is 0 Å². The van der Waals surface area contributed by atoms with Gasteiger partial charge in [0.25, 0.3) is 5.91 Å². The van der Waals surface area contributed by atoms with Crippen molar-refractivity contribution < 1.29 is 4.79 Å². The maximum absolute atomic E-state index is 13.6. The highest BCUT2D eigenvalue weighted by atomic mass is 16.2. The van der Waals surface area contributed by atoms with Gasteiger partial charge in [0.2, 0.25) is 0 Å². The first-order valence-corrected chi connectivity index (χ1v) is 13.4. The Labute approximate surface area is 204 Å². The minimum Gasteiger partial charge on any atom is -0.333 e. The van der Waals surface area contributed by atoms with Crippen molar-refractivity contribution in [1.82, 2.24) is 4.90 Å². The van der Waals surface area contributed by atoms with Crippen LogP contribution < -0.4 is 0 Å². The Morgan fingerprint density at radius 1 is 1.15 bits per heavy atom. The van der Waals surface area contributed by atoms with Crippen molar-refractivity contribution in [2.45, 2.75) is 113 Å². The van der Waals surface area contributed by atoms with Crippen LogP contribution in [0, 0.1) is 22.7 Å². The van der Waals surface area contributed by atoms with Gasteiger partial charge < -0.3 is 4.90 Å². The molecule has 2 atom stereocenters. The van der Waals surface area contributed by atoms with Crippen LogP contribution in [0.15, 0.2) is 46.1 Å². The van der Waals surface area contributed by atoms with Crippen LogP contribution in [0.25, 0.3) is 0 Å². The number of amides is 1. The Morgan fingerprint density at radius 2 is 1.76 bits per heavy atom. The Hall–Kier alpha value is -1.57. The smallest absolute Gasteiger partial charge is 0.251 e. The Kier molecular flexibility index (Phi) is 7.29. The number of carbonyl (C=O) groups is 1. The number of carbonyl (C=O) groups excluding carboxylic acids is 1. The van der Waals surface area contributed by atoms with E-state index < -0.39 is 0 Å². The zero-order valence-corrected chi connectivity index (χ0v) is 23.2. The highest BCUT2D eigenvalue weighted by Gasteiger charge is 2.56. The quantitative estimate of drug-likeness (QED) is 0.411. The number of nitrogens with zero attached hydrogens (tertiary/aromatic N) is 1. The molecule has 2 heteroatoms. The number of rotatable bonds is 5. The van der Waals surface area contributed by atoms with Crippen molar-refractivity contribution in [3.8, 4) is 0 Å². The van der Waals surface area contributed by atoms with Gasteiger partial charge in [0, 0.05) is 18.0 Å². The fourth-order valence-corrected chi connectivity index (χ4v) is 6.45. The average Bonchev–Trinajstić information content (AvgIpc) is 3.21. The number of hydrogen-bond acceptors (Lipinski definition) is 1. The maximum Gasteiger partial charge on any atom is 0.251 e. The Morgan fingerprint density at radius 3 is 2.24 bits per heavy atom. The average molecular weight is 452 g/mol. The molecule has 3 rings (SSSR count).